The van der Waals surface area contributed by atoms with Crippen molar-refractivity contribution in [3.63, 3.8) is 0 Å². The first-order chi connectivity index (χ1) is 7.51. The summed E-state index contributed by atoms with van der Waals surface area (Å²) in [5.74, 6) is 0.849. The van der Waals surface area contributed by atoms with Gasteiger partial charge in [0.25, 0.3) is 0 Å². The van der Waals surface area contributed by atoms with Gasteiger partial charge in [0.2, 0.25) is 0 Å². The predicted molar refractivity (Wildman–Crippen MR) is 69.4 cm³/mol. The molecule has 0 aliphatic heterocycles. The fourth-order valence-electron chi connectivity index (χ4n) is 2.82. The van der Waals surface area contributed by atoms with Crippen LogP contribution in [0.5, 0.6) is 0 Å². The highest BCUT2D eigenvalue weighted by molar-refractivity contribution is 5.36. The molecule has 88 valence electrons. The van der Waals surface area contributed by atoms with E-state index in [0.29, 0.717) is 0 Å². The van der Waals surface area contributed by atoms with Crippen LogP contribution in [0.15, 0.2) is 18.2 Å². The van der Waals surface area contributed by atoms with Crippen LogP contribution in [0.1, 0.15) is 49.3 Å². The Labute approximate surface area is 99.0 Å². The van der Waals surface area contributed by atoms with Crippen molar-refractivity contribution in [2.75, 3.05) is 0 Å². The van der Waals surface area contributed by atoms with Crippen molar-refractivity contribution < 1.29 is 0 Å². The van der Waals surface area contributed by atoms with Gasteiger partial charge in [-0.05, 0) is 56.6 Å². The lowest BCUT2D eigenvalue weighted by Crippen LogP contribution is -2.40. The van der Waals surface area contributed by atoms with E-state index in [1.54, 1.807) is 0 Å². The van der Waals surface area contributed by atoms with Gasteiger partial charge in [-0.2, -0.15) is 0 Å². The molecule has 0 bridgehead atoms. The molecule has 0 heterocycles. The van der Waals surface area contributed by atoms with Gasteiger partial charge in [0.15, 0.2) is 0 Å². The molecule has 1 aromatic rings. The molecule has 0 spiro atoms. The molecule has 1 fully saturated rings. The fraction of sp³-hybridized carbons (Fsp3) is 0.600. The quantitative estimate of drug-likeness (QED) is 0.763. The summed E-state index contributed by atoms with van der Waals surface area (Å²) >= 11 is 0. The van der Waals surface area contributed by atoms with Crippen molar-refractivity contribution in [3.8, 4) is 0 Å². The van der Waals surface area contributed by atoms with Crippen molar-refractivity contribution in [2.45, 2.75) is 52.0 Å². The maximum absolute atomic E-state index is 6.61. The Morgan fingerprint density at radius 1 is 1.19 bits per heavy atom. The molecule has 0 radical (unpaired) electrons. The molecule has 0 unspecified atom stereocenters. The zero-order valence-electron chi connectivity index (χ0n) is 10.7. The van der Waals surface area contributed by atoms with E-state index >= 15 is 0 Å². The number of benzene rings is 1. The summed E-state index contributed by atoms with van der Waals surface area (Å²) in [5, 5.41) is 0. The second-order valence-electron chi connectivity index (χ2n) is 5.66. The van der Waals surface area contributed by atoms with Crippen molar-refractivity contribution in [2.24, 2.45) is 11.7 Å². The van der Waals surface area contributed by atoms with E-state index in [2.05, 4.69) is 39.0 Å². The maximum Gasteiger partial charge on any atom is 0.0412 e. The topological polar surface area (TPSA) is 26.0 Å². The molecule has 1 aliphatic rings. The fourth-order valence-corrected chi connectivity index (χ4v) is 2.82. The molecule has 1 aromatic carbocycles. The summed E-state index contributed by atoms with van der Waals surface area (Å²) in [6.45, 7) is 6.67. The second kappa shape index (κ2) is 4.21. The lowest BCUT2D eigenvalue weighted by molar-refractivity contribution is 0.247. The van der Waals surface area contributed by atoms with Crippen LogP contribution in [0.2, 0.25) is 0 Å². The summed E-state index contributed by atoms with van der Waals surface area (Å²) in [5.41, 5.74) is 10.6. The molecule has 1 heteroatoms. The number of aryl methyl sites for hydroxylation is 2. The lowest BCUT2D eigenvalue weighted by Gasteiger charge is -2.37. The molecule has 1 aliphatic carbocycles. The van der Waals surface area contributed by atoms with Gasteiger partial charge in [0, 0.05) is 5.54 Å². The van der Waals surface area contributed by atoms with Crippen LogP contribution < -0.4 is 5.73 Å². The molecule has 2 N–H and O–H groups in total. The van der Waals surface area contributed by atoms with Crippen LogP contribution in [0.3, 0.4) is 0 Å². The average Bonchev–Trinajstić information content (AvgIpc) is 2.26. The lowest BCUT2D eigenvalue weighted by atomic mass is 9.72. The Balaban J connectivity index is 2.32. The van der Waals surface area contributed by atoms with E-state index in [-0.39, 0.29) is 5.54 Å². The van der Waals surface area contributed by atoms with E-state index < -0.39 is 0 Å². The third-order valence-electron chi connectivity index (χ3n) is 4.10. The first kappa shape index (κ1) is 11.7. The Morgan fingerprint density at radius 3 is 2.44 bits per heavy atom. The summed E-state index contributed by atoms with van der Waals surface area (Å²) in [6.07, 6.45) is 4.81. The molecule has 16 heavy (non-hydrogen) atoms. The third kappa shape index (κ3) is 2.15. The van der Waals surface area contributed by atoms with E-state index in [4.69, 9.17) is 5.73 Å². The Kier molecular flexibility index (Phi) is 3.07. The summed E-state index contributed by atoms with van der Waals surface area (Å²) in [4.78, 5) is 0. The van der Waals surface area contributed by atoms with Crippen molar-refractivity contribution in [1.29, 1.82) is 0 Å². The van der Waals surface area contributed by atoms with Gasteiger partial charge in [0.1, 0.15) is 0 Å². The molecule has 1 nitrogen and oxygen atoms in total. The van der Waals surface area contributed by atoms with E-state index in [1.807, 2.05) is 0 Å². The number of nitrogens with two attached hydrogens (primary N) is 1. The summed E-state index contributed by atoms with van der Waals surface area (Å²) < 4.78 is 0. The van der Waals surface area contributed by atoms with Gasteiger partial charge in [-0.15, -0.1) is 0 Å². The van der Waals surface area contributed by atoms with E-state index in [1.165, 1.54) is 29.5 Å². The average molecular weight is 217 g/mol. The van der Waals surface area contributed by atoms with Crippen LogP contribution in [-0.2, 0) is 5.54 Å². The first-order valence-electron chi connectivity index (χ1n) is 6.38. The molecule has 2 rings (SSSR count). The first-order valence-corrected chi connectivity index (χ1v) is 6.38. The van der Waals surface area contributed by atoms with Crippen LogP contribution in [0.25, 0.3) is 0 Å². The summed E-state index contributed by atoms with van der Waals surface area (Å²) in [6, 6.07) is 6.66. The molecule has 0 amide bonds. The zero-order chi connectivity index (χ0) is 11.8. The second-order valence-corrected chi connectivity index (χ2v) is 5.66. The number of hydrogen-bond acceptors (Lipinski definition) is 1. The zero-order valence-corrected chi connectivity index (χ0v) is 10.7. The minimum absolute atomic E-state index is 0.0669. The van der Waals surface area contributed by atoms with Crippen LogP contribution >= 0.6 is 0 Å². The van der Waals surface area contributed by atoms with Crippen LogP contribution in [0.4, 0.5) is 0 Å². The van der Waals surface area contributed by atoms with Gasteiger partial charge in [-0.1, -0.05) is 30.7 Å². The summed E-state index contributed by atoms with van der Waals surface area (Å²) in [7, 11) is 0. The van der Waals surface area contributed by atoms with Crippen LogP contribution in [-0.4, -0.2) is 0 Å². The smallest absolute Gasteiger partial charge is 0.0412 e. The highest BCUT2D eigenvalue weighted by atomic mass is 14.7. The number of rotatable bonds is 1. The minimum Gasteiger partial charge on any atom is -0.321 e. The van der Waals surface area contributed by atoms with Crippen molar-refractivity contribution >= 4 is 0 Å². The third-order valence-corrected chi connectivity index (χ3v) is 4.10. The van der Waals surface area contributed by atoms with Gasteiger partial charge in [-0.3, -0.25) is 0 Å². The molecule has 0 aromatic heterocycles. The van der Waals surface area contributed by atoms with Gasteiger partial charge in [-0.25, -0.2) is 0 Å². The Morgan fingerprint density at radius 2 is 1.81 bits per heavy atom. The van der Waals surface area contributed by atoms with Gasteiger partial charge in [0.05, 0.1) is 0 Å². The Hall–Kier alpha value is -0.820. The van der Waals surface area contributed by atoms with Crippen molar-refractivity contribution in [3.05, 3.63) is 34.9 Å². The highest BCUT2D eigenvalue weighted by Crippen LogP contribution is 2.38. The standard InChI is InChI=1S/C15H23N/c1-11-6-8-15(16,9-7-11)14-10-12(2)4-5-13(14)3/h4-5,10-11H,6-9,16H2,1-3H3. The van der Waals surface area contributed by atoms with Crippen molar-refractivity contribution in [1.82, 2.24) is 0 Å². The monoisotopic (exact) mass is 217 g/mol. The highest BCUT2D eigenvalue weighted by Gasteiger charge is 2.32. The Bertz CT molecular complexity index is 373. The molecular weight excluding hydrogens is 194 g/mol. The van der Waals surface area contributed by atoms with E-state index in [9.17, 15) is 0 Å². The molecule has 0 atom stereocenters. The van der Waals surface area contributed by atoms with Crippen LogP contribution in [0, 0.1) is 19.8 Å². The molecule has 1 saturated carbocycles. The predicted octanol–water partition coefficient (Wildman–Crippen LogP) is 3.67. The maximum atomic E-state index is 6.61. The van der Waals surface area contributed by atoms with Gasteiger partial charge < -0.3 is 5.73 Å². The normalized spacial score (nSPS) is 30.4. The SMILES string of the molecule is Cc1ccc(C)c(C2(N)CCC(C)CC2)c1. The molecular formula is C15H23N. The minimum atomic E-state index is -0.0669. The molecule has 0 saturated heterocycles. The van der Waals surface area contributed by atoms with Gasteiger partial charge >= 0.3 is 0 Å². The largest absolute Gasteiger partial charge is 0.321 e. The number of hydrogen-bond donors (Lipinski definition) is 1. The van der Waals surface area contributed by atoms with E-state index in [0.717, 1.165) is 18.8 Å².